The lowest BCUT2D eigenvalue weighted by molar-refractivity contribution is 0.0951. The van der Waals surface area contributed by atoms with Crippen molar-refractivity contribution in [2.45, 2.75) is 6.54 Å². The van der Waals surface area contributed by atoms with Crippen LogP contribution in [-0.2, 0) is 6.54 Å². The number of nitrogens with two attached hydrogens (primary N) is 1. The summed E-state index contributed by atoms with van der Waals surface area (Å²) in [5.74, 6) is -0.167. The number of halogens is 1. The summed E-state index contributed by atoms with van der Waals surface area (Å²) < 4.78 is 0. The van der Waals surface area contributed by atoms with Crippen LogP contribution in [0.4, 0.5) is 5.69 Å². The van der Waals surface area contributed by atoms with E-state index in [1.54, 1.807) is 36.4 Å². The number of phenols is 1. The van der Waals surface area contributed by atoms with Crippen molar-refractivity contribution in [3.8, 4) is 5.75 Å². The second kappa shape index (κ2) is 5.63. The van der Waals surface area contributed by atoms with E-state index in [1.165, 1.54) is 6.07 Å². The Morgan fingerprint density at radius 2 is 2.00 bits per heavy atom. The Morgan fingerprint density at radius 3 is 2.68 bits per heavy atom. The van der Waals surface area contributed by atoms with Crippen LogP contribution in [0.3, 0.4) is 0 Å². The van der Waals surface area contributed by atoms with Crippen molar-refractivity contribution in [3.63, 3.8) is 0 Å². The number of rotatable bonds is 3. The first-order valence-corrected chi connectivity index (χ1v) is 6.06. The van der Waals surface area contributed by atoms with E-state index < -0.39 is 0 Å². The molecule has 19 heavy (non-hydrogen) atoms. The van der Waals surface area contributed by atoms with Gasteiger partial charge in [-0.3, -0.25) is 4.79 Å². The van der Waals surface area contributed by atoms with Crippen molar-refractivity contribution in [2.24, 2.45) is 0 Å². The third kappa shape index (κ3) is 3.17. The van der Waals surface area contributed by atoms with E-state index in [1.807, 2.05) is 0 Å². The monoisotopic (exact) mass is 276 g/mol. The summed E-state index contributed by atoms with van der Waals surface area (Å²) in [6, 6.07) is 11.5. The predicted octanol–water partition coefficient (Wildman–Crippen LogP) is 2.56. The number of anilines is 1. The molecular weight excluding hydrogens is 264 g/mol. The van der Waals surface area contributed by atoms with Crippen molar-refractivity contribution in [1.82, 2.24) is 5.32 Å². The highest BCUT2D eigenvalue weighted by Crippen LogP contribution is 2.20. The van der Waals surface area contributed by atoms with E-state index in [-0.39, 0.29) is 18.2 Å². The summed E-state index contributed by atoms with van der Waals surface area (Å²) in [6.45, 7) is 0.228. The Hall–Kier alpha value is -2.20. The molecule has 0 spiro atoms. The van der Waals surface area contributed by atoms with Crippen molar-refractivity contribution in [2.75, 3.05) is 5.73 Å². The van der Waals surface area contributed by atoms with Crippen molar-refractivity contribution >= 4 is 23.2 Å². The van der Waals surface area contributed by atoms with Crippen LogP contribution >= 0.6 is 11.6 Å². The molecular formula is C14H13ClN2O2. The minimum absolute atomic E-state index is 0.145. The molecule has 1 amide bonds. The molecule has 2 aromatic rings. The van der Waals surface area contributed by atoms with E-state index in [0.29, 0.717) is 21.8 Å². The Balaban J connectivity index is 2.08. The Kier molecular flexibility index (Phi) is 3.92. The predicted molar refractivity (Wildman–Crippen MR) is 75.1 cm³/mol. The lowest BCUT2D eigenvalue weighted by Gasteiger charge is -2.08. The molecule has 0 aromatic heterocycles. The van der Waals surface area contributed by atoms with Crippen LogP contribution in [-0.4, -0.2) is 11.0 Å². The number of carbonyl (C=O) groups is 1. The van der Waals surface area contributed by atoms with Crippen molar-refractivity contribution in [1.29, 1.82) is 0 Å². The van der Waals surface area contributed by atoms with E-state index in [2.05, 4.69) is 5.32 Å². The molecule has 2 rings (SSSR count). The zero-order valence-electron chi connectivity index (χ0n) is 10.1. The molecule has 0 saturated carbocycles. The van der Waals surface area contributed by atoms with E-state index in [9.17, 15) is 9.90 Å². The maximum Gasteiger partial charge on any atom is 0.253 e. The number of nitrogen functional groups attached to an aromatic ring is 1. The van der Waals surface area contributed by atoms with Gasteiger partial charge in [0.25, 0.3) is 5.91 Å². The highest BCUT2D eigenvalue weighted by Gasteiger charge is 2.10. The lowest BCUT2D eigenvalue weighted by Crippen LogP contribution is -2.23. The number of hydrogen-bond acceptors (Lipinski definition) is 3. The Labute approximate surface area is 115 Å². The highest BCUT2D eigenvalue weighted by atomic mass is 35.5. The second-order valence-corrected chi connectivity index (χ2v) is 4.46. The van der Waals surface area contributed by atoms with Crippen LogP contribution in [0, 0.1) is 0 Å². The Morgan fingerprint density at radius 1 is 1.26 bits per heavy atom. The second-order valence-electron chi connectivity index (χ2n) is 4.05. The van der Waals surface area contributed by atoms with Crippen LogP contribution in [0.5, 0.6) is 5.75 Å². The average molecular weight is 277 g/mol. The number of nitrogens with one attached hydrogen (secondary N) is 1. The van der Waals surface area contributed by atoms with E-state index in [0.717, 1.165) is 0 Å². The van der Waals surface area contributed by atoms with Crippen LogP contribution < -0.4 is 11.1 Å². The van der Waals surface area contributed by atoms with Gasteiger partial charge in [-0.15, -0.1) is 0 Å². The highest BCUT2D eigenvalue weighted by molar-refractivity contribution is 6.34. The zero-order valence-corrected chi connectivity index (χ0v) is 10.8. The molecule has 0 unspecified atom stereocenters. The van der Waals surface area contributed by atoms with Gasteiger partial charge in [-0.2, -0.15) is 0 Å². The molecule has 5 heteroatoms. The number of carbonyl (C=O) groups excluding carboxylic acids is 1. The maximum absolute atomic E-state index is 11.9. The van der Waals surface area contributed by atoms with Crippen LogP contribution in [0.25, 0.3) is 0 Å². The fourth-order valence-electron chi connectivity index (χ4n) is 1.65. The molecule has 0 atom stereocenters. The van der Waals surface area contributed by atoms with Gasteiger partial charge in [-0.05, 0) is 24.3 Å². The quantitative estimate of drug-likeness (QED) is 0.754. The summed E-state index contributed by atoms with van der Waals surface area (Å²) in [4.78, 5) is 11.9. The fourth-order valence-corrected chi connectivity index (χ4v) is 1.92. The zero-order chi connectivity index (χ0) is 13.8. The molecule has 0 aliphatic rings. The number of benzene rings is 2. The molecule has 0 bridgehead atoms. The van der Waals surface area contributed by atoms with E-state index >= 15 is 0 Å². The number of phenolic OH excluding ortho intramolecular Hbond substituents is 1. The van der Waals surface area contributed by atoms with Gasteiger partial charge in [0.2, 0.25) is 0 Å². The van der Waals surface area contributed by atoms with Gasteiger partial charge >= 0.3 is 0 Å². The summed E-state index contributed by atoms with van der Waals surface area (Å²) in [5.41, 5.74) is 7.06. The van der Waals surface area contributed by atoms with Gasteiger partial charge in [-0.25, -0.2) is 0 Å². The first-order valence-electron chi connectivity index (χ1n) is 5.68. The molecule has 4 nitrogen and oxygen atoms in total. The van der Waals surface area contributed by atoms with Crippen LogP contribution in [0.2, 0.25) is 5.02 Å². The average Bonchev–Trinajstić information content (AvgIpc) is 2.37. The third-order valence-electron chi connectivity index (χ3n) is 2.67. The molecule has 0 aliphatic heterocycles. The van der Waals surface area contributed by atoms with E-state index in [4.69, 9.17) is 17.3 Å². The summed E-state index contributed by atoms with van der Waals surface area (Å²) in [7, 11) is 0. The molecule has 98 valence electrons. The minimum Gasteiger partial charge on any atom is -0.508 e. The first-order chi connectivity index (χ1) is 9.08. The molecule has 2 aromatic carbocycles. The number of amides is 1. The maximum atomic E-state index is 11.9. The number of hydrogen-bond donors (Lipinski definition) is 3. The van der Waals surface area contributed by atoms with Crippen LogP contribution in [0.15, 0.2) is 42.5 Å². The number of aromatic hydroxyl groups is 1. The molecule has 0 heterocycles. The standard InChI is InChI=1S/C14H13ClN2O2/c15-12-7-10(16)5-6-11(12)14(19)17-8-9-3-1-2-4-13(9)18/h1-7,18H,8,16H2,(H,17,19). The Bertz CT molecular complexity index is 614. The van der Waals surface area contributed by atoms with Gasteiger partial charge in [0.1, 0.15) is 5.75 Å². The van der Waals surface area contributed by atoms with Crippen molar-refractivity contribution < 1.29 is 9.90 Å². The van der Waals surface area contributed by atoms with Gasteiger partial charge in [0, 0.05) is 17.8 Å². The summed E-state index contributed by atoms with van der Waals surface area (Å²) >= 11 is 5.95. The number of para-hydroxylation sites is 1. The molecule has 0 radical (unpaired) electrons. The fraction of sp³-hybridized carbons (Fsp3) is 0.0714. The van der Waals surface area contributed by atoms with Gasteiger partial charge in [-0.1, -0.05) is 29.8 Å². The minimum atomic E-state index is -0.312. The SMILES string of the molecule is Nc1ccc(C(=O)NCc2ccccc2O)c(Cl)c1. The molecule has 0 aliphatic carbocycles. The summed E-state index contributed by atoms with van der Waals surface area (Å²) in [6.07, 6.45) is 0. The lowest BCUT2D eigenvalue weighted by atomic mass is 10.1. The van der Waals surface area contributed by atoms with Crippen LogP contribution in [0.1, 0.15) is 15.9 Å². The van der Waals surface area contributed by atoms with Gasteiger partial charge < -0.3 is 16.2 Å². The molecule has 4 N–H and O–H groups in total. The molecule has 0 fully saturated rings. The van der Waals surface area contributed by atoms with Gasteiger partial charge in [0.15, 0.2) is 0 Å². The largest absolute Gasteiger partial charge is 0.508 e. The topological polar surface area (TPSA) is 75.4 Å². The third-order valence-corrected chi connectivity index (χ3v) is 2.98. The molecule has 0 saturated heterocycles. The van der Waals surface area contributed by atoms with Crippen molar-refractivity contribution in [3.05, 3.63) is 58.6 Å². The normalized spacial score (nSPS) is 10.2. The smallest absolute Gasteiger partial charge is 0.253 e. The van der Waals surface area contributed by atoms with Gasteiger partial charge in [0.05, 0.1) is 10.6 Å². The summed E-state index contributed by atoms with van der Waals surface area (Å²) in [5, 5.41) is 12.6. The first kappa shape index (κ1) is 13.2.